The van der Waals surface area contributed by atoms with Crippen LogP contribution in [0.5, 0.6) is 0 Å². The largest absolute Gasteiger partial charge is 0.294 e. The van der Waals surface area contributed by atoms with Crippen molar-refractivity contribution < 1.29 is 9.59 Å². The molecule has 2 heterocycles. The number of Topliss-reactive ketones (excluding diaryl/α,β-unsaturated/α-hetero) is 2. The van der Waals surface area contributed by atoms with Crippen LogP contribution in [0.2, 0.25) is 0 Å². The Morgan fingerprint density at radius 2 is 1.70 bits per heavy atom. The Balaban J connectivity index is 2.48. The van der Waals surface area contributed by atoms with Gasteiger partial charge in [-0.2, -0.15) is 0 Å². The first-order chi connectivity index (χ1) is 9.58. The maximum atomic E-state index is 11.7. The van der Waals surface area contributed by atoms with Gasteiger partial charge in [-0.05, 0) is 19.1 Å². The second-order valence-corrected chi connectivity index (χ2v) is 4.71. The summed E-state index contributed by atoms with van der Waals surface area (Å²) in [6, 6.07) is 9.34. The Kier molecular flexibility index (Phi) is 2.79. The molecule has 3 rings (SSSR count). The molecule has 4 heteroatoms. The van der Waals surface area contributed by atoms with Gasteiger partial charge in [0.05, 0.1) is 11.0 Å². The van der Waals surface area contributed by atoms with E-state index in [1.807, 2.05) is 24.3 Å². The SMILES string of the molecule is CC(=O)c1cc2ccc3cccnc3c2nc1C(C)=O. The third-order valence-corrected chi connectivity index (χ3v) is 3.27. The van der Waals surface area contributed by atoms with Crippen molar-refractivity contribution in [3.8, 4) is 0 Å². The molecule has 0 saturated carbocycles. The van der Waals surface area contributed by atoms with Crippen molar-refractivity contribution in [3.05, 3.63) is 47.8 Å². The smallest absolute Gasteiger partial charge is 0.178 e. The summed E-state index contributed by atoms with van der Waals surface area (Å²) in [7, 11) is 0. The summed E-state index contributed by atoms with van der Waals surface area (Å²) >= 11 is 0. The van der Waals surface area contributed by atoms with E-state index in [9.17, 15) is 9.59 Å². The van der Waals surface area contributed by atoms with Gasteiger partial charge in [-0.25, -0.2) is 4.98 Å². The van der Waals surface area contributed by atoms with Gasteiger partial charge in [0.25, 0.3) is 0 Å². The van der Waals surface area contributed by atoms with E-state index in [0.717, 1.165) is 16.3 Å². The van der Waals surface area contributed by atoms with Gasteiger partial charge in [-0.1, -0.05) is 18.2 Å². The minimum atomic E-state index is -0.218. The minimum absolute atomic E-state index is 0.161. The summed E-state index contributed by atoms with van der Waals surface area (Å²) in [5, 5.41) is 1.77. The Hall–Kier alpha value is -2.62. The topological polar surface area (TPSA) is 59.9 Å². The Labute approximate surface area is 115 Å². The van der Waals surface area contributed by atoms with Gasteiger partial charge in [0.2, 0.25) is 0 Å². The summed E-state index contributed by atoms with van der Waals surface area (Å²) in [5.74, 6) is -0.379. The van der Waals surface area contributed by atoms with Crippen molar-refractivity contribution in [1.29, 1.82) is 0 Å². The van der Waals surface area contributed by atoms with Crippen molar-refractivity contribution >= 4 is 33.4 Å². The zero-order valence-electron chi connectivity index (χ0n) is 11.2. The summed E-state index contributed by atoms with van der Waals surface area (Å²) in [5.41, 5.74) is 1.96. The van der Waals surface area contributed by atoms with Crippen LogP contribution in [-0.4, -0.2) is 21.5 Å². The average molecular weight is 264 g/mol. The molecule has 0 fully saturated rings. The molecular formula is C16H12N2O2. The van der Waals surface area contributed by atoms with Gasteiger partial charge < -0.3 is 0 Å². The van der Waals surface area contributed by atoms with Crippen LogP contribution >= 0.6 is 0 Å². The lowest BCUT2D eigenvalue weighted by Crippen LogP contribution is -2.07. The van der Waals surface area contributed by atoms with E-state index in [1.54, 1.807) is 12.3 Å². The lowest BCUT2D eigenvalue weighted by Gasteiger charge is -2.07. The predicted octanol–water partition coefficient (Wildman–Crippen LogP) is 3.19. The lowest BCUT2D eigenvalue weighted by atomic mass is 10.0. The van der Waals surface area contributed by atoms with Gasteiger partial charge in [0, 0.05) is 29.5 Å². The Morgan fingerprint density at radius 1 is 0.950 bits per heavy atom. The number of fused-ring (bicyclic) bond motifs is 3. The van der Waals surface area contributed by atoms with Crippen LogP contribution in [0, 0.1) is 0 Å². The molecule has 0 aliphatic carbocycles. The zero-order valence-corrected chi connectivity index (χ0v) is 11.2. The first-order valence-corrected chi connectivity index (χ1v) is 6.28. The van der Waals surface area contributed by atoms with Crippen LogP contribution in [0.15, 0.2) is 36.5 Å². The molecule has 0 aliphatic heterocycles. The molecule has 0 radical (unpaired) electrons. The number of nitrogens with zero attached hydrogens (tertiary/aromatic N) is 2. The molecule has 4 nitrogen and oxygen atoms in total. The average Bonchev–Trinajstić information content (AvgIpc) is 2.45. The fourth-order valence-electron chi connectivity index (χ4n) is 2.31. The first kappa shape index (κ1) is 12.4. The van der Waals surface area contributed by atoms with Crippen molar-refractivity contribution in [3.63, 3.8) is 0 Å². The van der Waals surface area contributed by atoms with Crippen molar-refractivity contribution in [2.75, 3.05) is 0 Å². The number of aromatic nitrogens is 2. The first-order valence-electron chi connectivity index (χ1n) is 6.28. The molecule has 0 unspecified atom stereocenters. The van der Waals surface area contributed by atoms with E-state index < -0.39 is 0 Å². The summed E-state index contributed by atoms with van der Waals surface area (Å²) in [6.07, 6.45) is 1.69. The van der Waals surface area contributed by atoms with E-state index in [4.69, 9.17) is 0 Å². The molecule has 98 valence electrons. The van der Waals surface area contributed by atoms with Crippen LogP contribution in [0.25, 0.3) is 21.8 Å². The highest BCUT2D eigenvalue weighted by molar-refractivity contribution is 6.11. The highest BCUT2D eigenvalue weighted by Crippen LogP contribution is 2.24. The monoisotopic (exact) mass is 264 g/mol. The quantitative estimate of drug-likeness (QED) is 0.527. The molecular weight excluding hydrogens is 252 g/mol. The zero-order chi connectivity index (χ0) is 14.3. The standard InChI is InChI=1S/C16H12N2O2/c1-9(19)13-8-12-6-5-11-4-3-7-17-15(11)16(12)18-14(13)10(2)20/h3-8H,1-2H3. The molecule has 20 heavy (non-hydrogen) atoms. The molecule has 0 aliphatic rings. The fraction of sp³-hybridized carbons (Fsp3) is 0.125. The van der Waals surface area contributed by atoms with Crippen LogP contribution in [0.4, 0.5) is 0 Å². The Morgan fingerprint density at radius 3 is 2.40 bits per heavy atom. The van der Waals surface area contributed by atoms with Gasteiger partial charge in [0.15, 0.2) is 11.6 Å². The van der Waals surface area contributed by atoms with E-state index in [0.29, 0.717) is 11.1 Å². The predicted molar refractivity (Wildman–Crippen MR) is 77.1 cm³/mol. The number of hydrogen-bond donors (Lipinski definition) is 0. The molecule has 0 amide bonds. The number of benzene rings is 1. The van der Waals surface area contributed by atoms with Gasteiger partial charge in [-0.3, -0.25) is 14.6 Å². The molecule has 0 N–H and O–H groups in total. The highest BCUT2D eigenvalue weighted by atomic mass is 16.1. The molecule has 1 aromatic carbocycles. The van der Waals surface area contributed by atoms with E-state index in [2.05, 4.69) is 9.97 Å². The number of carbonyl (C=O) groups is 2. The van der Waals surface area contributed by atoms with E-state index in [-0.39, 0.29) is 17.3 Å². The third-order valence-electron chi connectivity index (χ3n) is 3.27. The number of carbonyl (C=O) groups excluding carboxylic acids is 2. The van der Waals surface area contributed by atoms with Gasteiger partial charge in [0.1, 0.15) is 5.69 Å². The third kappa shape index (κ3) is 1.86. The minimum Gasteiger partial charge on any atom is -0.294 e. The van der Waals surface area contributed by atoms with Crippen molar-refractivity contribution in [1.82, 2.24) is 9.97 Å². The summed E-state index contributed by atoms with van der Waals surface area (Å²) < 4.78 is 0. The number of hydrogen-bond acceptors (Lipinski definition) is 4. The number of pyridine rings is 2. The van der Waals surface area contributed by atoms with E-state index in [1.165, 1.54) is 13.8 Å². The molecule has 0 saturated heterocycles. The van der Waals surface area contributed by atoms with Gasteiger partial charge >= 0.3 is 0 Å². The van der Waals surface area contributed by atoms with Gasteiger partial charge in [-0.15, -0.1) is 0 Å². The van der Waals surface area contributed by atoms with Crippen LogP contribution < -0.4 is 0 Å². The van der Waals surface area contributed by atoms with Crippen LogP contribution in [0.1, 0.15) is 34.7 Å². The van der Waals surface area contributed by atoms with Crippen LogP contribution in [0.3, 0.4) is 0 Å². The second-order valence-electron chi connectivity index (χ2n) is 4.71. The fourth-order valence-corrected chi connectivity index (χ4v) is 2.31. The number of rotatable bonds is 2. The highest BCUT2D eigenvalue weighted by Gasteiger charge is 2.15. The summed E-state index contributed by atoms with van der Waals surface area (Å²) in [4.78, 5) is 32.1. The molecule has 3 aromatic rings. The second kappa shape index (κ2) is 4.49. The van der Waals surface area contributed by atoms with Crippen molar-refractivity contribution in [2.24, 2.45) is 0 Å². The number of ketones is 2. The maximum Gasteiger partial charge on any atom is 0.178 e. The molecule has 0 spiro atoms. The molecule has 0 atom stereocenters. The molecule has 0 bridgehead atoms. The van der Waals surface area contributed by atoms with Crippen molar-refractivity contribution in [2.45, 2.75) is 13.8 Å². The lowest BCUT2D eigenvalue weighted by molar-refractivity contribution is 0.0977. The summed E-state index contributed by atoms with van der Waals surface area (Å²) in [6.45, 7) is 2.85. The molecule has 2 aromatic heterocycles. The van der Waals surface area contributed by atoms with Crippen LogP contribution in [-0.2, 0) is 0 Å². The maximum absolute atomic E-state index is 11.7. The Bertz CT molecular complexity index is 869. The normalized spacial score (nSPS) is 10.9. The van der Waals surface area contributed by atoms with E-state index >= 15 is 0 Å².